The maximum Gasteiger partial charge on any atom is 0.227 e. The van der Waals surface area contributed by atoms with E-state index >= 15 is 0 Å². The van der Waals surface area contributed by atoms with Crippen LogP contribution in [-0.2, 0) is 0 Å². The average Bonchev–Trinajstić information content (AvgIpc) is 3.77. The van der Waals surface area contributed by atoms with Crippen molar-refractivity contribution in [2.24, 2.45) is 0 Å². The van der Waals surface area contributed by atoms with Crippen molar-refractivity contribution < 1.29 is 4.42 Å². The van der Waals surface area contributed by atoms with E-state index in [1.165, 1.54) is 21.5 Å². The van der Waals surface area contributed by atoms with Crippen LogP contribution in [0.4, 0.5) is 17.1 Å². The highest BCUT2D eigenvalue weighted by atomic mass is 16.3. The number of hydrogen-bond donors (Lipinski definition) is 0. The van der Waals surface area contributed by atoms with Gasteiger partial charge in [-0.1, -0.05) is 109 Å². The number of anilines is 3. The van der Waals surface area contributed by atoms with E-state index in [0.717, 1.165) is 61.2 Å². The van der Waals surface area contributed by atoms with Crippen molar-refractivity contribution in [1.82, 2.24) is 9.55 Å². The second kappa shape index (κ2) is 11.0. The first-order chi connectivity index (χ1) is 24.3. The molecule has 2 aromatic heterocycles. The second-order valence-corrected chi connectivity index (χ2v) is 12.4. The first-order valence-electron chi connectivity index (χ1n) is 16.6. The fourth-order valence-corrected chi connectivity index (χ4v) is 7.36. The van der Waals surface area contributed by atoms with Crippen LogP contribution in [0.2, 0.25) is 0 Å². The molecule has 0 unspecified atom stereocenters. The van der Waals surface area contributed by atoms with Gasteiger partial charge in [0.2, 0.25) is 5.89 Å². The summed E-state index contributed by atoms with van der Waals surface area (Å²) in [5.41, 5.74) is 9.09. The van der Waals surface area contributed by atoms with Gasteiger partial charge in [-0.05, 0) is 82.9 Å². The summed E-state index contributed by atoms with van der Waals surface area (Å²) >= 11 is 0. The Kier molecular flexibility index (Phi) is 6.15. The minimum atomic E-state index is 0.620. The summed E-state index contributed by atoms with van der Waals surface area (Å²) in [6.07, 6.45) is 0. The van der Waals surface area contributed by atoms with Crippen LogP contribution in [0.3, 0.4) is 0 Å². The van der Waals surface area contributed by atoms with Crippen LogP contribution >= 0.6 is 0 Å². The van der Waals surface area contributed by atoms with Gasteiger partial charge in [0.25, 0.3) is 0 Å². The van der Waals surface area contributed by atoms with Gasteiger partial charge in [-0.25, -0.2) is 4.98 Å². The van der Waals surface area contributed by atoms with Gasteiger partial charge in [0, 0.05) is 44.5 Å². The predicted octanol–water partition coefficient (Wildman–Crippen LogP) is 12.4. The first-order valence-corrected chi connectivity index (χ1v) is 16.6. The van der Waals surface area contributed by atoms with Gasteiger partial charge in [-0.15, -0.1) is 0 Å². The minimum Gasteiger partial charge on any atom is -0.434 e. The standard InChI is InChI=1S/C45H29N3O/c1-3-14-31(15-4-1)45-46-42-38-20-10-9-19-37(38)41-39-21-11-12-22-40(39)48(43(41)44(42)49-45)35-27-25-34(26-28-35)47(33-17-5-2-6-18-33)36-24-23-30-13-7-8-16-32(30)29-36/h1-29H. The summed E-state index contributed by atoms with van der Waals surface area (Å²) in [4.78, 5) is 7.42. The van der Waals surface area contributed by atoms with Gasteiger partial charge >= 0.3 is 0 Å². The van der Waals surface area contributed by atoms with Crippen LogP contribution in [0.15, 0.2) is 180 Å². The molecule has 0 saturated heterocycles. The quantitative estimate of drug-likeness (QED) is 0.190. The van der Waals surface area contributed by atoms with Crippen molar-refractivity contribution in [3.05, 3.63) is 176 Å². The molecule has 0 aliphatic heterocycles. The number of oxazole rings is 1. The molecule has 4 heteroatoms. The summed E-state index contributed by atoms with van der Waals surface area (Å²) in [6.45, 7) is 0. The lowest BCUT2D eigenvalue weighted by atomic mass is 10.0. The molecule has 0 saturated carbocycles. The number of fused-ring (bicyclic) bond motifs is 9. The molecule has 0 bridgehead atoms. The molecule has 0 aliphatic carbocycles. The third-order valence-corrected chi connectivity index (χ3v) is 9.56. The smallest absolute Gasteiger partial charge is 0.227 e. The lowest BCUT2D eigenvalue weighted by molar-refractivity contribution is 0.622. The molecule has 8 aromatic carbocycles. The van der Waals surface area contributed by atoms with Crippen molar-refractivity contribution in [2.45, 2.75) is 0 Å². The fraction of sp³-hybridized carbons (Fsp3) is 0. The van der Waals surface area contributed by atoms with E-state index in [1.807, 2.05) is 30.3 Å². The maximum atomic E-state index is 6.74. The SMILES string of the molecule is c1ccc(-c2nc3c4ccccc4c4c5ccccc5n(-c5ccc(N(c6ccccc6)c6ccc7ccccc7c6)cc5)c4c3o2)cc1. The summed E-state index contributed by atoms with van der Waals surface area (Å²) < 4.78 is 9.08. The van der Waals surface area contributed by atoms with E-state index in [4.69, 9.17) is 9.40 Å². The van der Waals surface area contributed by atoms with Crippen molar-refractivity contribution in [1.29, 1.82) is 0 Å². The molecule has 0 radical (unpaired) electrons. The lowest BCUT2D eigenvalue weighted by Gasteiger charge is -2.26. The van der Waals surface area contributed by atoms with E-state index in [9.17, 15) is 0 Å². The highest BCUT2D eigenvalue weighted by molar-refractivity contribution is 6.30. The zero-order chi connectivity index (χ0) is 32.3. The van der Waals surface area contributed by atoms with Crippen molar-refractivity contribution >= 4 is 71.5 Å². The van der Waals surface area contributed by atoms with E-state index in [0.29, 0.717) is 5.89 Å². The Morgan fingerprint density at radius 1 is 0.490 bits per heavy atom. The number of nitrogens with zero attached hydrogens (tertiary/aromatic N) is 3. The van der Waals surface area contributed by atoms with Gasteiger partial charge in [-0.3, -0.25) is 0 Å². The van der Waals surface area contributed by atoms with Crippen molar-refractivity contribution in [2.75, 3.05) is 4.90 Å². The Hall–Kier alpha value is -6.65. The maximum absolute atomic E-state index is 6.74. The van der Waals surface area contributed by atoms with Crippen LogP contribution < -0.4 is 4.90 Å². The minimum absolute atomic E-state index is 0.620. The van der Waals surface area contributed by atoms with Gasteiger partial charge in [0.1, 0.15) is 11.0 Å². The lowest BCUT2D eigenvalue weighted by Crippen LogP contribution is -2.10. The topological polar surface area (TPSA) is 34.2 Å². The Balaban J connectivity index is 1.21. The third kappa shape index (κ3) is 4.35. The Labute approximate surface area is 282 Å². The zero-order valence-corrected chi connectivity index (χ0v) is 26.5. The molecule has 10 aromatic rings. The highest BCUT2D eigenvalue weighted by Gasteiger charge is 2.23. The average molecular weight is 628 g/mol. The molecule has 0 amide bonds. The number of para-hydroxylation sites is 2. The van der Waals surface area contributed by atoms with Crippen LogP contribution in [0.25, 0.3) is 71.6 Å². The molecule has 0 atom stereocenters. The molecular weight excluding hydrogens is 599 g/mol. The molecule has 10 rings (SSSR count). The number of hydrogen-bond acceptors (Lipinski definition) is 3. The summed E-state index contributed by atoms with van der Waals surface area (Å²) in [5.74, 6) is 0.620. The molecule has 2 heterocycles. The molecule has 0 N–H and O–H groups in total. The summed E-state index contributed by atoms with van der Waals surface area (Å²) in [6, 6.07) is 61.9. The predicted molar refractivity (Wildman–Crippen MR) is 203 cm³/mol. The molecule has 0 aliphatic rings. The molecule has 0 spiro atoms. The van der Waals surface area contributed by atoms with Gasteiger partial charge in [0.15, 0.2) is 5.58 Å². The Bertz CT molecular complexity index is 2820. The monoisotopic (exact) mass is 627 g/mol. The summed E-state index contributed by atoms with van der Waals surface area (Å²) in [5, 5.41) is 7.03. The number of benzene rings is 8. The Morgan fingerprint density at radius 3 is 1.90 bits per heavy atom. The molecule has 230 valence electrons. The third-order valence-electron chi connectivity index (χ3n) is 9.56. The zero-order valence-electron chi connectivity index (χ0n) is 26.5. The molecule has 4 nitrogen and oxygen atoms in total. The molecule has 49 heavy (non-hydrogen) atoms. The van der Waals surface area contributed by atoms with Gasteiger partial charge in [-0.2, -0.15) is 0 Å². The van der Waals surface area contributed by atoms with Crippen LogP contribution in [0, 0.1) is 0 Å². The van der Waals surface area contributed by atoms with E-state index in [-0.39, 0.29) is 0 Å². The summed E-state index contributed by atoms with van der Waals surface area (Å²) in [7, 11) is 0. The van der Waals surface area contributed by atoms with E-state index in [1.54, 1.807) is 0 Å². The number of aromatic nitrogens is 2. The van der Waals surface area contributed by atoms with E-state index in [2.05, 4.69) is 155 Å². The molecular formula is C45H29N3O. The highest BCUT2D eigenvalue weighted by Crippen LogP contribution is 2.44. The number of rotatable bonds is 5. The Morgan fingerprint density at radius 2 is 1.10 bits per heavy atom. The van der Waals surface area contributed by atoms with Crippen molar-refractivity contribution in [3.8, 4) is 17.1 Å². The second-order valence-electron chi connectivity index (χ2n) is 12.4. The molecule has 0 fully saturated rings. The van der Waals surface area contributed by atoms with Gasteiger partial charge in [0.05, 0.1) is 5.52 Å². The van der Waals surface area contributed by atoms with Crippen LogP contribution in [0.1, 0.15) is 0 Å². The van der Waals surface area contributed by atoms with Crippen LogP contribution in [-0.4, -0.2) is 9.55 Å². The largest absolute Gasteiger partial charge is 0.434 e. The van der Waals surface area contributed by atoms with Crippen molar-refractivity contribution in [3.63, 3.8) is 0 Å². The first kappa shape index (κ1) is 27.5. The fourth-order valence-electron chi connectivity index (χ4n) is 7.36. The normalized spacial score (nSPS) is 11.7. The van der Waals surface area contributed by atoms with Gasteiger partial charge < -0.3 is 13.9 Å². The van der Waals surface area contributed by atoms with Crippen LogP contribution in [0.5, 0.6) is 0 Å². The van der Waals surface area contributed by atoms with E-state index < -0.39 is 0 Å².